The third-order valence-corrected chi connectivity index (χ3v) is 4.45. The van der Waals surface area contributed by atoms with E-state index in [4.69, 9.17) is 0 Å². The van der Waals surface area contributed by atoms with E-state index in [1.54, 1.807) is 0 Å². The molecule has 0 fully saturated rings. The average Bonchev–Trinajstić information content (AvgIpc) is 2.91. The summed E-state index contributed by atoms with van der Waals surface area (Å²) in [6.45, 7) is 1.80. The van der Waals surface area contributed by atoms with Gasteiger partial charge in [-0.2, -0.15) is 0 Å². The Morgan fingerprint density at radius 2 is 1.81 bits per heavy atom. The molecule has 138 valence electrons. The number of carbonyl (C=O) groups is 3. The first-order valence-corrected chi connectivity index (χ1v) is 8.35. The minimum Gasteiger partial charge on any atom is -0.354 e. The molecule has 1 unspecified atom stereocenters. The van der Waals surface area contributed by atoms with E-state index < -0.39 is 34.9 Å². The summed E-state index contributed by atoms with van der Waals surface area (Å²) in [7, 11) is 0. The van der Waals surface area contributed by atoms with Gasteiger partial charge in [-0.25, -0.2) is 0 Å². The van der Waals surface area contributed by atoms with Gasteiger partial charge in [0.25, 0.3) is 17.5 Å². The minimum atomic E-state index is -0.825. The molecule has 0 saturated heterocycles. The Balaban J connectivity index is 1.67. The third-order valence-electron chi connectivity index (χ3n) is 4.45. The molecule has 8 nitrogen and oxygen atoms in total. The van der Waals surface area contributed by atoms with Gasteiger partial charge in [0.1, 0.15) is 12.1 Å². The normalized spacial score (nSPS) is 14.0. The molecule has 1 heterocycles. The number of rotatable bonds is 6. The molecule has 2 aromatic carbocycles. The van der Waals surface area contributed by atoms with Crippen LogP contribution in [-0.4, -0.2) is 40.6 Å². The van der Waals surface area contributed by atoms with Gasteiger partial charge in [-0.1, -0.05) is 43.3 Å². The fourth-order valence-corrected chi connectivity index (χ4v) is 2.98. The van der Waals surface area contributed by atoms with Gasteiger partial charge in [0, 0.05) is 12.6 Å². The largest absolute Gasteiger partial charge is 0.354 e. The van der Waals surface area contributed by atoms with E-state index in [1.165, 1.54) is 12.1 Å². The minimum absolute atomic E-state index is 0.0541. The molecular formula is C19H17N3O5. The summed E-state index contributed by atoms with van der Waals surface area (Å²) < 4.78 is 0. The van der Waals surface area contributed by atoms with Gasteiger partial charge in [0.2, 0.25) is 5.91 Å². The topological polar surface area (TPSA) is 110 Å². The Morgan fingerprint density at radius 3 is 2.48 bits per heavy atom. The highest BCUT2D eigenvalue weighted by Gasteiger charge is 2.41. The lowest BCUT2D eigenvalue weighted by atomic mass is 10.0. The zero-order valence-electron chi connectivity index (χ0n) is 14.5. The highest BCUT2D eigenvalue weighted by molar-refractivity contribution is 6.24. The number of nitro benzene ring substituents is 1. The van der Waals surface area contributed by atoms with Crippen molar-refractivity contribution in [1.29, 1.82) is 0 Å². The molecule has 2 aromatic rings. The molecular weight excluding hydrogens is 350 g/mol. The predicted octanol–water partition coefficient (Wildman–Crippen LogP) is 2.11. The number of imide groups is 1. The fraction of sp³-hybridized carbons (Fsp3) is 0.211. The molecule has 0 aromatic heterocycles. The van der Waals surface area contributed by atoms with Crippen LogP contribution in [0.5, 0.6) is 0 Å². The number of hydrogen-bond acceptors (Lipinski definition) is 5. The number of nitrogens with zero attached hydrogens (tertiary/aromatic N) is 2. The van der Waals surface area contributed by atoms with Crippen molar-refractivity contribution in [2.24, 2.45) is 0 Å². The maximum Gasteiger partial charge on any atom is 0.282 e. The van der Waals surface area contributed by atoms with Crippen molar-refractivity contribution in [3.63, 3.8) is 0 Å². The van der Waals surface area contributed by atoms with Crippen molar-refractivity contribution < 1.29 is 19.3 Å². The van der Waals surface area contributed by atoms with E-state index in [0.717, 1.165) is 16.5 Å². The van der Waals surface area contributed by atoms with Crippen LogP contribution in [0, 0.1) is 10.1 Å². The molecule has 0 saturated carbocycles. The van der Waals surface area contributed by atoms with Gasteiger partial charge in [-0.3, -0.25) is 29.4 Å². The van der Waals surface area contributed by atoms with Crippen LogP contribution in [0.3, 0.4) is 0 Å². The first-order valence-electron chi connectivity index (χ1n) is 8.35. The van der Waals surface area contributed by atoms with Crippen molar-refractivity contribution in [1.82, 2.24) is 10.2 Å². The van der Waals surface area contributed by atoms with Crippen LogP contribution in [0.15, 0.2) is 48.5 Å². The molecule has 0 aliphatic carbocycles. The van der Waals surface area contributed by atoms with E-state index in [1.807, 2.05) is 37.3 Å². The van der Waals surface area contributed by atoms with E-state index >= 15 is 0 Å². The lowest BCUT2D eigenvalue weighted by Crippen LogP contribution is -2.41. The maximum atomic E-state index is 12.4. The third kappa shape index (κ3) is 3.55. The second-order valence-corrected chi connectivity index (χ2v) is 6.27. The summed E-state index contributed by atoms with van der Waals surface area (Å²) in [5, 5.41) is 13.8. The Labute approximate surface area is 154 Å². The highest BCUT2D eigenvalue weighted by atomic mass is 16.6. The number of amides is 3. The van der Waals surface area contributed by atoms with Gasteiger partial charge < -0.3 is 5.32 Å². The van der Waals surface area contributed by atoms with E-state index in [2.05, 4.69) is 5.32 Å². The second-order valence-electron chi connectivity index (χ2n) is 6.27. The number of carbonyl (C=O) groups excluding carboxylic acids is 3. The van der Waals surface area contributed by atoms with Crippen LogP contribution in [-0.2, 0) is 4.79 Å². The summed E-state index contributed by atoms with van der Waals surface area (Å²) in [4.78, 5) is 48.2. The number of hydrogen-bond donors (Lipinski definition) is 1. The smallest absolute Gasteiger partial charge is 0.282 e. The summed E-state index contributed by atoms with van der Waals surface area (Å²) in [5.41, 5.74) is 0.290. The fourth-order valence-electron chi connectivity index (χ4n) is 2.98. The molecule has 0 bridgehead atoms. The van der Waals surface area contributed by atoms with Gasteiger partial charge in [-0.05, 0) is 17.5 Å². The van der Waals surface area contributed by atoms with E-state index in [-0.39, 0.29) is 17.0 Å². The van der Waals surface area contributed by atoms with E-state index in [0.29, 0.717) is 6.54 Å². The van der Waals surface area contributed by atoms with Crippen LogP contribution < -0.4 is 5.32 Å². The van der Waals surface area contributed by atoms with Crippen LogP contribution in [0.25, 0.3) is 0 Å². The van der Waals surface area contributed by atoms with Gasteiger partial charge in [0.15, 0.2) is 0 Å². The summed E-state index contributed by atoms with van der Waals surface area (Å²) >= 11 is 0. The quantitative estimate of drug-likeness (QED) is 0.478. The Bertz CT molecular complexity index is 926. The maximum absolute atomic E-state index is 12.4. The zero-order valence-corrected chi connectivity index (χ0v) is 14.5. The van der Waals surface area contributed by atoms with Crippen LogP contribution in [0.2, 0.25) is 0 Å². The summed E-state index contributed by atoms with van der Waals surface area (Å²) in [5.74, 6) is -1.98. The molecule has 1 aliphatic heterocycles. The SMILES string of the molecule is CC(CNC(=O)CN1C(=O)c2cccc([N+](=O)[O-])c2C1=O)c1ccccc1. The standard InChI is InChI=1S/C19H17N3O5/c1-12(13-6-3-2-4-7-13)10-20-16(23)11-21-18(24)14-8-5-9-15(22(26)27)17(14)19(21)25/h2-9,12H,10-11H2,1H3,(H,20,23). The van der Waals surface area contributed by atoms with Crippen molar-refractivity contribution in [2.75, 3.05) is 13.1 Å². The lowest BCUT2D eigenvalue weighted by Gasteiger charge is -2.16. The van der Waals surface area contributed by atoms with Gasteiger partial charge in [0.05, 0.1) is 10.5 Å². The van der Waals surface area contributed by atoms with Crippen molar-refractivity contribution >= 4 is 23.4 Å². The van der Waals surface area contributed by atoms with Crippen LogP contribution >= 0.6 is 0 Å². The summed E-state index contributed by atoms with van der Waals surface area (Å²) in [6.07, 6.45) is 0. The first kappa shape index (κ1) is 18.2. The molecule has 0 radical (unpaired) electrons. The molecule has 3 rings (SSSR count). The first-order chi connectivity index (χ1) is 12.9. The van der Waals surface area contributed by atoms with Crippen LogP contribution in [0.1, 0.15) is 39.1 Å². The predicted molar refractivity (Wildman–Crippen MR) is 96.3 cm³/mol. The Kier molecular flexibility index (Phi) is 4.98. The zero-order chi connectivity index (χ0) is 19.6. The molecule has 27 heavy (non-hydrogen) atoms. The van der Waals surface area contributed by atoms with Crippen molar-refractivity contribution in [3.05, 3.63) is 75.3 Å². The van der Waals surface area contributed by atoms with Crippen molar-refractivity contribution in [3.8, 4) is 0 Å². The number of nitro groups is 1. The summed E-state index contributed by atoms with van der Waals surface area (Å²) in [6, 6.07) is 13.4. The average molecular weight is 367 g/mol. The Hall–Kier alpha value is -3.55. The molecule has 8 heteroatoms. The second kappa shape index (κ2) is 7.36. The molecule has 1 aliphatic rings. The molecule has 1 atom stereocenters. The lowest BCUT2D eigenvalue weighted by molar-refractivity contribution is -0.385. The Morgan fingerprint density at radius 1 is 1.11 bits per heavy atom. The van der Waals surface area contributed by atoms with Crippen molar-refractivity contribution in [2.45, 2.75) is 12.8 Å². The van der Waals surface area contributed by atoms with E-state index in [9.17, 15) is 24.5 Å². The highest BCUT2D eigenvalue weighted by Crippen LogP contribution is 2.30. The number of benzene rings is 2. The monoisotopic (exact) mass is 367 g/mol. The number of nitrogens with one attached hydrogen (secondary N) is 1. The molecule has 0 spiro atoms. The molecule has 1 N–H and O–H groups in total. The number of fused-ring (bicyclic) bond motifs is 1. The molecule has 3 amide bonds. The van der Waals surface area contributed by atoms with Crippen LogP contribution in [0.4, 0.5) is 5.69 Å². The van der Waals surface area contributed by atoms with Gasteiger partial charge >= 0.3 is 0 Å². The van der Waals surface area contributed by atoms with Gasteiger partial charge in [-0.15, -0.1) is 0 Å².